The molecule has 2 heterocycles. The van der Waals surface area contributed by atoms with Gasteiger partial charge in [-0.3, -0.25) is 0 Å². The van der Waals surface area contributed by atoms with Gasteiger partial charge in [0.1, 0.15) is 6.10 Å². The van der Waals surface area contributed by atoms with E-state index in [4.69, 9.17) is 15.0 Å². The van der Waals surface area contributed by atoms with Crippen molar-refractivity contribution in [1.29, 1.82) is 0 Å². The molecule has 1 aromatic heterocycles. The highest BCUT2D eigenvalue weighted by Gasteiger charge is 2.31. The second-order valence-electron chi connectivity index (χ2n) is 4.74. The van der Waals surface area contributed by atoms with Crippen LogP contribution in [0.25, 0.3) is 0 Å². The summed E-state index contributed by atoms with van der Waals surface area (Å²) in [5.41, 5.74) is 5.53. The van der Waals surface area contributed by atoms with Crippen LogP contribution < -0.4 is 5.73 Å². The second-order valence-corrected chi connectivity index (χ2v) is 4.74. The molecule has 3 atom stereocenters. The Labute approximate surface area is 95.3 Å². The zero-order valence-electron chi connectivity index (χ0n) is 10.1. The highest BCUT2D eigenvalue weighted by Crippen LogP contribution is 2.32. The van der Waals surface area contributed by atoms with Gasteiger partial charge in [0, 0.05) is 0 Å². The molecule has 1 aliphatic rings. The third kappa shape index (κ3) is 2.10. The average Bonchev–Trinajstić information content (AvgIpc) is 2.85. The number of ether oxygens (including phenoxy) is 1. The molecule has 3 unspecified atom stereocenters. The molecule has 1 saturated heterocycles. The summed E-state index contributed by atoms with van der Waals surface area (Å²) in [7, 11) is 0. The Balaban J connectivity index is 2.14. The van der Waals surface area contributed by atoms with Crippen molar-refractivity contribution in [2.24, 2.45) is 5.73 Å². The van der Waals surface area contributed by atoms with Gasteiger partial charge in [-0.05, 0) is 33.1 Å². The zero-order valence-corrected chi connectivity index (χ0v) is 10.1. The molecular weight excluding hydrogens is 206 g/mol. The van der Waals surface area contributed by atoms with E-state index in [1.807, 2.05) is 13.8 Å². The largest absolute Gasteiger partial charge is 0.365 e. The highest BCUT2D eigenvalue weighted by atomic mass is 16.5. The molecule has 2 N–H and O–H groups in total. The summed E-state index contributed by atoms with van der Waals surface area (Å²) in [4.78, 5) is 4.34. The van der Waals surface area contributed by atoms with E-state index in [-0.39, 0.29) is 12.2 Å². The summed E-state index contributed by atoms with van der Waals surface area (Å²) in [5.74, 6) is 1.12. The number of rotatable bonds is 3. The van der Waals surface area contributed by atoms with Crippen LogP contribution in [0.15, 0.2) is 4.52 Å². The summed E-state index contributed by atoms with van der Waals surface area (Å²) < 4.78 is 10.9. The second kappa shape index (κ2) is 4.14. The molecule has 0 radical (unpaired) electrons. The average molecular weight is 225 g/mol. The summed E-state index contributed by atoms with van der Waals surface area (Å²) in [6, 6.07) is 0. The van der Waals surface area contributed by atoms with Crippen molar-refractivity contribution in [2.75, 3.05) is 0 Å². The van der Waals surface area contributed by atoms with Crippen molar-refractivity contribution in [3.8, 4) is 0 Å². The summed E-state index contributed by atoms with van der Waals surface area (Å²) in [5, 5.41) is 3.94. The molecule has 0 bridgehead atoms. The number of nitrogens with two attached hydrogens (primary N) is 1. The predicted octanol–water partition coefficient (Wildman–Crippen LogP) is 1.89. The molecule has 90 valence electrons. The van der Waals surface area contributed by atoms with Crippen LogP contribution in [0.1, 0.15) is 57.9 Å². The van der Waals surface area contributed by atoms with Crippen LogP contribution in [-0.4, -0.2) is 16.2 Å². The Kier molecular flexibility index (Phi) is 2.99. The SMILES string of the molecule is CCC(C)(N)c1noc(C2CCC(C)O2)n1. The number of aromatic nitrogens is 2. The van der Waals surface area contributed by atoms with E-state index in [9.17, 15) is 0 Å². The van der Waals surface area contributed by atoms with E-state index in [1.54, 1.807) is 0 Å². The van der Waals surface area contributed by atoms with Gasteiger partial charge in [-0.15, -0.1) is 0 Å². The van der Waals surface area contributed by atoms with Crippen molar-refractivity contribution in [3.05, 3.63) is 11.7 Å². The molecule has 1 aromatic rings. The van der Waals surface area contributed by atoms with E-state index >= 15 is 0 Å². The van der Waals surface area contributed by atoms with Crippen molar-refractivity contribution in [1.82, 2.24) is 10.1 Å². The van der Waals surface area contributed by atoms with Crippen LogP contribution in [0, 0.1) is 0 Å². The maximum atomic E-state index is 6.05. The molecule has 5 heteroatoms. The first-order chi connectivity index (χ1) is 7.53. The van der Waals surface area contributed by atoms with E-state index in [0.717, 1.165) is 19.3 Å². The molecule has 0 aliphatic carbocycles. The molecule has 1 fully saturated rings. The summed E-state index contributed by atoms with van der Waals surface area (Å²) in [6.45, 7) is 5.96. The first-order valence-electron chi connectivity index (χ1n) is 5.81. The van der Waals surface area contributed by atoms with Gasteiger partial charge in [0.2, 0.25) is 0 Å². The Bertz CT molecular complexity index is 362. The standard InChI is InChI=1S/C11H19N3O2/c1-4-11(3,12)10-13-9(16-14-10)8-6-5-7(2)15-8/h7-8H,4-6,12H2,1-3H3. The lowest BCUT2D eigenvalue weighted by atomic mass is 10.0. The first-order valence-corrected chi connectivity index (χ1v) is 5.81. The fourth-order valence-electron chi connectivity index (χ4n) is 1.74. The van der Waals surface area contributed by atoms with E-state index in [1.165, 1.54) is 0 Å². The lowest BCUT2D eigenvalue weighted by molar-refractivity contribution is 0.0355. The maximum absolute atomic E-state index is 6.05. The van der Waals surface area contributed by atoms with Gasteiger partial charge in [-0.2, -0.15) is 4.98 Å². The molecule has 0 amide bonds. The normalized spacial score (nSPS) is 29.2. The van der Waals surface area contributed by atoms with Gasteiger partial charge in [0.05, 0.1) is 11.6 Å². The molecule has 1 aliphatic heterocycles. The molecule has 16 heavy (non-hydrogen) atoms. The molecule has 0 saturated carbocycles. The summed E-state index contributed by atoms with van der Waals surface area (Å²) >= 11 is 0. The van der Waals surface area contributed by atoms with Gasteiger partial charge in [0.15, 0.2) is 5.82 Å². The van der Waals surface area contributed by atoms with Crippen molar-refractivity contribution < 1.29 is 9.26 Å². The predicted molar refractivity (Wildman–Crippen MR) is 58.7 cm³/mol. The minimum absolute atomic E-state index is 0.0519. The molecule has 0 spiro atoms. The topological polar surface area (TPSA) is 74.2 Å². The summed E-state index contributed by atoms with van der Waals surface area (Å²) in [6.07, 6.45) is 2.97. The van der Waals surface area contributed by atoms with Crippen LogP contribution in [-0.2, 0) is 10.3 Å². The van der Waals surface area contributed by atoms with E-state index in [0.29, 0.717) is 11.7 Å². The van der Waals surface area contributed by atoms with E-state index in [2.05, 4.69) is 17.1 Å². The van der Waals surface area contributed by atoms with Gasteiger partial charge in [0.25, 0.3) is 5.89 Å². The van der Waals surface area contributed by atoms with Crippen LogP contribution >= 0.6 is 0 Å². The molecule has 5 nitrogen and oxygen atoms in total. The number of hydrogen-bond acceptors (Lipinski definition) is 5. The zero-order chi connectivity index (χ0) is 11.8. The number of nitrogens with zero attached hydrogens (tertiary/aromatic N) is 2. The Morgan fingerprint density at radius 2 is 2.25 bits per heavy atom. The monoisotopic (exact) mass is 225 g/mol. The van der Waals surface area contributed by atoms with Crippen LogP contribution in [0.2, 0.25) is 0 Å². The lowest BCUT2D eigenvalue weighted by Crippen LogP contribution is -2.33. The van der Waals surface area contributed by atoms with Crippen LogP contribution in [0.3, 0.4) is 0 Å². The molecule has 0 aromatic carbocycles. The molecule has 2 rings (SSSR count). The Morgan fingerprint density at radius 3 is 2.81 bits per heavy atom. The highest BCUT2D eigenvalue weighted by molar-refractivity contribution is 5.02. The van der Waals surface area contributed by atoms with Crippen molar-refractivity contribution >= 4 is 0 Å². The molecular formula is C11H19N3O2. The van der Waals surface area contributed by atoms with Crippen molar-refractivity contribution in [3.63, 3.8) is 0 Å². The third-order valence-electron chi connectivity index (χ3n) is 3.19. The van der Waals surface area contributed by atoms with Crippen LogP contribution in [0.5, 0.6) is 0 Å². The quantitative estimate of drug-likeness (QED) is 0.850. The lowest BCUT2D eigenvalue weighted by Gasteiger charge is -2.16. The number of hydrogen-bond donors (Lipinski definition) is 1. The van der Waals surface area contributed by atoms with E-state index < -0.39 is 5.54 Å². The van der Waals surface area contributed by atoms with Crippen LogP contribution in [0.4, 0.5) is 0 Å². The van der Waals surface area contributed by atoms with Gasteiger partial charge in [-0.25, -0.2) is 0 Å². The smallest absolute Gasteiger partial charge is 0.255 e. The Morgan fingerprint density at radius 1 is 1.50 bits per heavy atom. The maximum Gasteiger partial charge on any atom is 0.255 e. The minimum atomic E-state index is -0.522. The van der Waals surface area contributed by atoms with Gasteiger partial charge >= 0.3 is 0 Å². The van der Waals surface area contributed by atoms with Crippen molar-refractivity contribution in [2.45, 2.75) is 57.8 Å². The van der Waals surface area contributed by atoms with Gasteiger partial charge < -0.3 is 15.0 Å². The third-order valence-corrected chi connectivity index (χ3v) is 3.19. The van der Waals surface area contributed by atoms with Gasteiger partial charge in [-0.1, -0.05) is 12.1 Å². The minimum Gasteiger partial charge on any atom is -0.365 e. The fraction of sp³-hybridized carbons (Fsp3) is 0.818. The fourth-order valence-corrected chi connectivity index (χ4v) is 1.74. The first kappa shape index (κ1) is 11.5. The Hall–Kier alpha value is -0.940.